The number of rotatable bonds is 5. The van der Waals surface area contributed by atoms with Crippen molar-refractivity contribution in [3.63, 3.8) is 0 Å². The molecule has 0 atom stereocenters. The van der Waals surface area contributed by atoms with E-state index in [1.54, 1.807) is 0 Å². The van der Waals surface area contributed by atoms with Gasteiger partial charge in [-0.3, -0.25) is 9.48 Å². The summed E-state index contributed by atoms with van der Waals surface area (Å²) in [6.45, 7) is 1.92. The number of nitrogens with zero attached hydrogens (tertiary/aromatic N) is 3. The summed E-state index contributed by atoms with van der Waals surface area (Å²) in [6, 6.07) is 1.29. The Morgan fingerprint density at radius 2 is 2.00 bits per heavy atom. The van der Waals surface area contributed by atoms with Crippen LogP contribution < -0.4 is 5.32 Å². The van der Waals surface area contributed by atoms with Gasteiger partial charge in [0.15, 0.2) is 0 Å². The smallest absolute Gasteiger partial charge is 0.349 e. The molecular formula is C13H19F3N4O. The number of piperidine rings is 1. The fraction of sp³-hybridized carbons (Fsp3) is 0.692. The number of likely N-dealkylation sites (tertiary alicyclic amines) is 1. The summed E-state index contributed by atoms with van der Waals surface area (Å²) in [7, 11) is 0. The van der Waals surface area contributed by atoms with E-state index in [0.29, 0.717) is 11.2 Å². The number of amides is 1. The lowest BCUT2D eigenvalue weighted by Gasteiger charge is -2.26. The zero-order valence-electron chi connectivity index (χ0n) is 11.7. The van der Waals surface area contributed by atoms with Crippen molar-refractivity contribution in [2.75, 3.05) is 26.2 Å². The van der Waals surface area contributed by atoms with Crippen LogP contribution in [0.5, 0.6) is 0 Å². The van der Waals surface area contributed by atoms with E-state index < -0.39 is 18.6 Å². The van der Waals surface area contributed by atoms with Gasteiger partial charge in [-0.1, -0.05) is 6.42 Å². The fourth-order valence-corrected chi connectivity index (χ4v) is 2.42. The number of hydrogen-bond donors (Lipinski definition) is 1. The zero-order chi connectivity index (χ0) is 15.3. The van der Waals surface area contributed by atoms with Crippen molar-refractivity contribution < 1.29 is 18.0 Å². The van der Waals surface area contributed by atoms with Gasteiger partial charge in [0.05, 0.1) is 0 Å². The molecule has 0 radical (unpaired) electrons. The highest BCUT2D eigenvalue weighted by atomic mass is 19.4. The number of nitrogens with one attached hydrogen (secondary N) is 1. The highest BCUT2D eigenvalue weighted by molar-refractivity contribution is 5.92. The van der Waals surface area contributed by atoms with Gasteiger partial charge in [-0.05, 0) is 32.0 Å². The lowest BCUT2D eigenvalue weighted by Crippen LogP contribution is -2.38. The molecule has 8 heteroatoms. The monoisotopic (exact) mass is 304 g/mol. The third-order valence-corrected chi connectivity index (χ3v) is 3.44. The maximum Gasteiger partial charge on any atom is 0.408 e. The van der Waals surface area contributed by atoms with Crippen molar-refractivity contribution in [2.45, 2.75) is 32.0 Å². The summed E-state index contributed by atoms with van der Waals surface area (Å²) in [5.74, 6) is -0.520. The third-order valence-electron chi connectivity index (χ3n) is 3.44. The topological polar surface area (TPSA) is 50.2 Å². The molecular weight excluding hydrogens is 285 g/mol. The van der Waals surface area contributed by atoms with E-state index in [-0.39, 0.29) is 5.69 Å². The Morgan fingerprint density at radius 3 is 2.67 bits per heavy atom. The van der Waals surface area contributed by atoms with Crippen molar-refractivity contribution in [2.24, 2.45) is 0 Å². The summed E-state index contributed by atoms with van der Waals surface area (Å²) in [6.07, 6.45) is 0.359. The van der Waals surface area contributed by atoms with Gasteiger partial charge in [-0.2, -0.15) is 18.3 Å². The maximum absolute atomic E-state index is 12.4. The minimum Gasteiger partial charge on any atom is -0.349 e. The van der Waals surface area contributed by atoms with Crippen LogP contribution in [0.4, 0.5) is 13.2 Å². The highest BCUT2D eigenvalue weighted by Gasteiger charge is 2.30. The molecule has 5 nitrogen and oxygen atoms in total. The standard InChI is InChI=1S/C13H19F3N4O/c14-13(15,16)10-20-11(4-5-18-20)12(21)17-6-9-19-7-2-1-3-8-19/h4-5H,1-3,6-10H2,(H,17,21). The molecule has 2 heterocycles. The maximum atomic E-state index is 12.4. The van der Waals surface area contributed by atoms with E-state index in [0.717, 1.165) is 32.5 Å². The Kier molecular flexibility index (Phi) is 5.22. The first-order chi connectivity index (χ1) is 9.96. The second kappa shape index (κ2) is 6.93. The molecule has 1 aromatic rings. The van der Waals surface area contributed by atoms with Crippen molar-refractivity contribution in [1.82, 2.24) is 20.0 Å². The number of alkyl halides is 3. The number of aromatic nitrogens is 2. The predicted octanol–water partition coefficient (Wildman–Crippen LogP) is 1.66. The van der Waals surface area contributed by atoms with Gasteiger partial charge in [-0.25, -0.2) is 0 Å². The minimum atomic E-state index is -4.39. The Hall–Kier alpha value is -1.57. The van der Waals surface area contributed by atoms with Crippen LogP contribution in [0.3, 0.4) is 0 Å². The summed E-state index contributed by atoms with van der Waals surface area (Å²) in [5, 5.41) is 6.20. The normalized spacial score (nSPS) is 16.9. The molecule has 1 aliphatic heterocycles. The summed E-state index contributed by atoms with van der Waals surface area (Å²) >= 11 is 0. The fourth-order valence-electron chi connectivity index (χ4n) is 2.42. The number of carbonyl (C=O) groups excluding carboxylic acids is 1. The molecule has 0 unspecified atom stereocenters. The predicted molar refractivity (Wildman–Crippen MR) is 70.9 cm³/mol. The largest absolute Gasteiger partial charge is 0.408 e. The van der Waals surface area contributed by atoms with Crippen LogP contribution in [0.25, 0.3) is 0 Å². The second-order valence-electron chi connectivity index (χ2n) is 5.15. The average Bonchev–Trinajstić information content (AvgIpc) is 2.86. The van der Waals surface area contributed by atoms with E-state index in [9.17, 15) is 18.0 Å². The molecule has 0 aliphatic carbocycles. The SMILES string of the molecule is O=C(NCCN1CCCCC1)c1ccnn1CC(F)(F)F. The Morgan fingerprint density at radius 1 is 1.29 bits per heavy atom. The van der Waals surface area contributed by atoms with E-state index >= 15 is 0 Å². The molecule has 1 fully saturated rings. The molecule has 1 aliphatic rings. The van der Waals surface area contributed by atoms with Gasteiger partial charge in [0.25, 0.3) is 5.91 Å². The van der Waals surface area contributed by atoms with Gasteiger partial charge in [-0.15, -0.1) is 0 Å². The van der Waals surface area contributed by atoms with E-state index in [2.05, 4.69) is 15.3 Å². The molecule has 1 aromatic heterocycles. The van der Waals surface area contributed by atoms with E-state index in [1.807, 2.05) is 0 Å². The van der Waals surface area contributed by atoms with Gasteiger partial charge >= 0.3 is 6.18 Å². The van der Waals surface area contributed by atoms with Crippen LogP contribution in [0.1, 0.15) is 29.8 Å². The van der Waals surface area contributed by atoms with E-state index in [4.69, 9.17) is 0 Å². The molecule has 1 amide bonds. The Labute approximate surface area is 121 Å². The highest BCUT2D eigenvalue weighted by Crippen LogP contribution is 2.18. The van der Waals surface area contributed by atoms with Crippen LogP contribution >= 0.6 is 0 Å². The summed E-state index contributed by atoms with van der Waals surface area (Å²) in [5.41, 5.74) is -0.0639. The van der Waals surface area contributed by atoms with Crippen molar-refractivity contribution in [3.05, 3.63) is 18.0 Å². The number of hydrogen-bond acceptors (Lipinski definition) is 3. The van der Waals surface area contributed by atoms with Crippen molar-refractivity contribution in [3.8, 4) is 0 Å². The first-order valence-electron chi connectivity index (χ1n) is 7.05. The van der Waals surface area contributed by atoms with Crippen LogP contribution in [0.15, 0.2) is 12.3 Å². The lowest BCUT2D eigenvalue weighted by molar-refractivity contribution is -0.142. The Balaban J connectivity index is 1.81. The summed E-state index contributed by atoms with van der Waals surface area (Å²) < 4.78 is 37.8. The molecule has 0 bridgehead atoms. The van der Waals surface area contributed by atoms with Crippen molar-refractivity contribution >= 4 is 5.91 Å². The van der Waals surface area contributed by atoms with E-state index in [1.165, 1.54) is 18.7 Å². The second-order valence-corrected chi connectivity index (χ2v) is 5.15. The van der Waals surface area contributed by atoms with Crippen molar-refractivity contribution in [1.29, 1.82) is 0 Å². The number of halogens is 3. The lowest BCUT2D eigenvalue weighted by atomic mass is 10.1. The van der Waals surface area contributed by atoms with Gasteiger partial charge in [0.2, 0.25) is 0 Å². The number of carbonyl (C=O) groups is 1. The van der Waals surface area contributed by atoms with Gasteiger partial charge in [0.1, 0.15) is 12.2 Å². The quantitative estimate of drug-likeness (QED) is 0.900. The summed E-state index contributed by atoms with van der Waals surface area (Å²) in [4.78, 5) is 14.1. The van der Waals surface area contributed by atoms with Gasteiger partial charge < -0.3 is 10.2 Å². The van der Waals surface area contributed by atoms with Crippen LogP contribution in [0, 0.1) is 0 Å². The molecule has 0 spiro atoms. The minimum absolute atomic E-state index is 0.0639. The molecule has 1 N–H and O–H groups in total. The van der Waals surface area contributed by atoms with Crippen LogP contribution in [-0.4, -0.2) is 52.9 Å². The molecule has 0 aromatic carbocycles. The van der Waals surface area contributed by atoms with Crippen LogP contribution in [-0.2, 0) is 6.54 Å². The molecule has 2 rings (SSSR count). The van der Waals surface area contributed by atoms with Gasteiger partial charge in [0, 0.05) is 19.3 Å². The molecule has 0 saturated carbocycles. The first-order valence-corrected chi connectivity index (χ1v) is 7.05. The first kappa shape index (κ1) is 15.8. The van der Waals surface area contributed by atoms with Crippen LogP contribution in [0.2, 0.25) is 0 Å². The average molecular weight is 304 g/mol. The Bertz CT molecular complexity index is 466. The molecule has 118 valence electrons. The third kappa shape index (κ3) is 5.04. The molecule has 21 heavy (non-hydrogen) atoms. The molecule has 1 saturated heterocycles. The zero-order valence-corrected chi connectivity index (χ0v) is 11.7.